The third-order valence-corrected chi connectivity index (χ3v) is 4.27. The Morgan fingerprint density at radius 3 is 2.57 bits per heavy atom. The number of aromatic nitrogens is 1. The van der Waals surface area contributed by atoms with Crippen LogP contribution in [0.1, 0.15) is 21.5 Å². The topological polar surface area (TPSA) is 71.1 Å². The number of para-hydroxylation sites is 1. The van der Waals surface area contributed by atoms with Gasteiger partial charge in [-0.1, -0.05) is 48.0 Å². The normalized spacial score (nSPS) is 10.6. The molecule has 0 fully saturated rings. The van der Waals surface area contributed by atoms with Gasteiger partial charge in [0.1, 0.15) is 0 Å². The molecule has 2 aromatic carbocycles. The van der Waals surface area contributed by atoms with E-state index in [0.717, 1.165) is 11.1 Å². The fraction of sp³-hybridized carbons (Fsp3) is 0.0455. The molecule has 3 rings (SSSR count). The van der Waals surface area contributed by atoms with Gasteiger partial charge in [-0.25, -0.2) is 0 Å². The van der Waals surface area contributed by atoms with Crippen molar-refractivity contribution in [3.05, 3.63) is 101 Å². The van der Waals surface area contributed by atoms with E-state index in [9.17, 15) is 9.59 Å². The van der Waals surface area contributed by atoms with Gasteiger partial charge >= 0.3 is 0 Å². The minimum atomic E-state index is -0.354. The van der Waals surface area contributed by atoms with Gasteiger partial charge in [-0.15, -0.1) is 0 Å². The standard InChI is InChI=1S/C22H18ClN3O2/c23-19-9-3-1-7-17(19)11-12-21(27)26-20-10-4-2-8-18(20)22(28)25-15-16-6-5-13-24-14-16/h1-14H,15H2,(H,25,28)(H,26,27)/b12-11+. The minimum absolute atomic E-state index is 0.283. The maximum absolute atomic E-state index is 12.5. The van der Waals surface area contributed by atoms with E-state index in [0.29, 0.717) is 22.8 Å². The summed E-state index contributed by atoms with van der Waals surface area (Å²) in [6.07, 6.45) is 6.37. The molecule has 0 bridgehead atoms. The Morgan fingerprint density at radius 2 is 1.79 bits per heavy atom. The van der Waals surface area contributed by atoms with Gasteiger partial charge < -0.3 is 10.6 Å². The van der Waals surface area contributed by atoms with Gasteiger partial charge in [0.25, 0.3) is 5.91 Å². The van der Waals surface area contributed by atoms with E-state index in [1.807, 2.05) is 24.3 Å². The molecule has 1 heterocycles. The number of halogens is 1. The quantitative estimate of drug-likeness (QED) is 0.615. The molecular weight excluding hydrogens is 374 g/mol. The zero-order valence-electron chi connectivity index (χ0n) is 14.9. The maximum Gasteiger partial charge on any atom is 0.253 e. The number of carbonyl (C=O) groups excluding carboxylic acids is 2. The number of pyridine rings is 1. The van der Waals surface area contributed by atoms with Crippen LogP contribution in [0, 0.1) is 0 Å². The monoisotopic (exact) mass is 391 g/mol. The molecule has 5 nitrogen and oxygen atoms in total. The molecule has 0 radical (unpaired) electrons. The van der Waals surface area contributed by atoms with E-state index in [1.54, 1.807) is 54.9 Å². The summed E-state index contributed by atoms with van der Waals surface area (Å²) in [5.74, 6) is -0.637. The lowest BCUT2D eigenvalue weighted by Crippen LogP contribution is -2.24. The number of benzene rings is 2. The van der Waals surface area contributed by atoms with Gasteiger partial charge in [-0.2, -0.15) is 0 Å². The summed E-state index contributed by atoms with van der Waals surface area (Å²) in [5, 5.41) is 6.12. The van der Waals surface area contributed by atoms with Crippen molar-refractivity contribution < 1.29 is 9.59 Å². The van der Waals surface area contributed by atoms with Gasteiger partial charge in [-0.05, 0) is 41.5 Å². The van der Waals surface area contributed by atoms with Crippen LogP contribution < -0.4 is 10.6 Å². The van der Waals surface area contributed by atoms with Crippen molar-refractivity contribution in [3.63, 3.8) is 0 Å². The van der Waals surface area contributed by atoms with Gasteiger partial charge in [0.2, 0.25) is 5.91 Å². The Hall–Kier alpha value is -3.44. The van der Waals surface area contributed by atoms with E-state index >= 15 is 0 Å². The third kappa shape index (κ3) is 5.28. The lowest BCUT2D eigenvalue weighted by molar-refractivity contribution is -0.111. The molecule has 6 heteroatoms. The summed E-state index contributed by atoms with van der Waals surface area (Å²) in [4.78, 5) is 28.8. The second-order valence-corrected chi connectivity index (χ2v) is 6.34. The SMILES string of the molecule is O=C(/C=C/c1ccccc1Cl)Nc1ccccc1C(=O)NCc1cccnc1. The van der Waals surface area contributed by atoms with Gasteiger partial charge in [0.05, 0.1) is 11.3 Å². The first kappa shape index (κ1) is 19.3. The highest BCUT2D eigenvalue weighted by Gasteiger charge is 2.12. The number of anilines is 1. The first-order valence-electron chi connectivity index (χ1n) is 8.63. The Labute approximate surface area is 168 Å². The predicted octanol–water partition coefficient (Wildman–Crippen LogP) is 4.32. The van der Waals surface area contributed by atoms with Gasteiger partial charge in [0.15, 0.2) is 0 Å². The van der Waals surface area contributed by atoms with Crippen LogP contribution in [0.15, 0.2) is 79.1 Å². The number of rotatable bonds is 6. The average Bonchev–Trinajstić information content (AvgIpc) is 2.72. The van der Waals surface area contributed by atoms with Crippen molar-refractivity contribution in [2.45, 2.75) is 6.54 Å². The van der Waals surface area contributed by atoms with Crippen molar-refractivity contribution in [3.8, 4) is 0 Å². The van der Waals surface area contributed by atoms with Crippen LogP contribution in [0.5, 0.6) is 0 Å². The summed E-state index contributed by atoms with van der Waals surface area (Å²) in [6.45, 7) is 0.349. The molecule has 0 aliphatic heterocycles. The molecule has 3 aromatic rings. The second kappa shape index (κ2) is 9.48. The molecular formula is C22H18ClN3O2. The number of hydrogen-bond acceptors (Lipinski definition) is 3. The Kier molecular flexibility index (Phi) is 6.54. The molecule has 0 spiro atoms. The molecule has 0 aliphatic carbocycles. The number of carbonyl (C=O) groups is 2. The fourth-order valence-electron chi connectivity index (χ4n) is 2.52. The second-order valence-electron chi connectivity index (χ2n) is 5.93. The van der Waals surface area contributed by atoms with E-state index in [4.69, 9.17) is 11.6 Å². The van der Waals surface area contributed by atoms with Crippen LogP contribution in [-0.4, -0.2) is 16.8 Å². The molecule has 140 valence electrons. The van der Waals surface area contributed by atoms with Crippen molar-refractivity contribution in [2.24, 2.45) is 0 Å². The highest BCUT2D eigenvalue weighted by Crippen LogP contribution is 2.18. The molecule has 0 unspecified atom stereocenters. The molecule has 1 aromatic heterocycles. The van der Waals surface area contributed by atoms with Crippen LogP contribution in [0.3, 0.4) is 0 Å². The summed E-state index contributed by atoms with van der Waals surface area (Å²) in [5.41, 5.74) is 2.44. The van der Waals surface area contributed by atoms with Crippen LogP contribution in [0.4, 0.5) is 5.69 Å². The number of nitrogens with one attached hydrogen (secondary N) is 2. The summed E-state index contributed by atoms with van der Waals surface area (Å²) < 4.78 is 0. The van der Waals surface area contributed by atoms with Crippen molar-refractivity contribution >= 4 is 35.2 Å². The summed E-state index contributed by atoms with van der Waals surface area (Å²) in [6, 6.07) is 17.7. The predicted molar refractivity (Wildman–Crippen MR) is 111 cm³/mol. The minimum Gasteiger partial charge on any atom is -0.348 e. The molecule has 2 amide bonds. The molecule has 2 N–H and O–H groups in total. The molecule has 0 saturated heterocycles. The summed E-state index contributed by atoms with van der Waals surface area (Å²) in [7, 11) is 0. The number of amides is 2. The maximum atomic E-state index is 12.5. The first-order chi connectivity index (χ1) is 13.6. The largest absolute Gasteiger partial charge is 0.348 e. The lowest BCUT2D eigenvalue weighted by atomic mass is 10.1. The molecule has 28 heavy (non-hydrogen) atoms. The van der Waals surface area contributed by atoms with E-state index < -0.39 is 0 Å². The lowest BCUT2D eigenvalue weighted by Gasteiger charge is -2.10. The zero-order valence-corrected chi connectivity index (χ0v) is 15.7. The molecule has 0 saturated carbocycles. The highest BCUT2D eigenvalue weighted by molar-refractivity contribution is 6.32. The van der Waals surface area contributed by atoms with Crippen molar-refractivity contribution in [1.82, 2.24) is 10.3 Å². The van der Waals surface area contributed by atoms with Crippen LogP contribution >= 0.6 is 11.6 Å². The van der Waals surface area contributed by atoms with Crippen LogP contribution in [0.2, 0.25) is 5.02 Å². The highest BCUT2D eigenvalue weighted by atomic mass is 35.5. The molecule has 0 aliphatic rings. The first-order valence-corrected chi connectivity index (χ1v) is 9.01. The summed E-state index contributed by atoms with van der Waals surface area (Å²) >= 11 is 6.08. The van der Waals surface area contributed by atoms with Crippen LogP contribution in [0.25, 0.3) is 6.08 Å². The van der Waals surface area contributed by atoms with E-state index in [2.05, 4.69) is 15.6 Å². The Morgan fingerprint density at radius 1 is 1.00 bits per heavy atom. The third-order valence-electron chi connectivity index (χ3n) is 3.92. The Balaban J connectivity index is 1.67. The number of nitrogens with zero attached hydrogens (tertiary/aromatic N) is 1. The zero-order chi connectivity index (χ0) is 19.8. The van der Waals surface area contributed by atoms with Crippen LogP contribution in [-0.2, 0) is 11.3 Å². The van der Waals surface area contributed by atoms with Gasteiger partial charge in [0, 0.05) is 30.0 Å². The Bertz CT molecular complexity index is 1000. The average molecular weight is 392 g/mol. The smallest absolute Gasteiger partial charge is 0.253 e. The van der Waals surface area contributed by atoms with E-state index in [-0.39, 0.29) is 11.8 Å². The van der Waals surface area contributed by atoms with Crippen molar-refractivity contribution in [2.75, 3.05) is 5.32 Å². The van der Waals surface area contributed by atoms with Crippen molar-refractivity contribution in [1.29, 1.82) is 0 Å². The molecule has 0 atom stereocenters. The van der Waals surface area contributed by atoms with Gasteiger partial charge in [-0.3, -0.25) is 14.6 Å². The van der Waals surface area contributed by atoms with E-state index in [1.165, 1.54) is 6.08 Å². The fourth-order valence-corrected chi connectivity index (χ4v) is 2.72. The number of hydrogen-bond donors (Lipinski definition) is 2.